The average Bonchev–Trinajstić information content (AvgIpc) is 3.26. The summed E-state index contributed by atoms with van der Waals surface area (Å²) in [6, 6.07) is 11.4. The van der Waals surface area contributed by atoms with E-state index in [0.29, 0.717) is 28.9 Å². The van der Waals surface area contributed by atoms with Crippen molar-refractivity contribution < 1.29 is 4.79 Å². The van der Waals surface area contributed by atoms with Crippen LogP contribution in [0.3, 0.4) is 0 Å². The van der Waals surface area contributed by atoms with Crippen LogP contribution >= 0.6 is 0 Å². The Morgan fingerprint density at radius 2 is 2.13 bits per heavy atom. The van der Waals surface area contributed by atoms with Gasteiger partial charge in [0.05, 0.1) is 28.6 Å². The molecule has 3 aromatic heterocycles. The largest absolute Gasteiger partial charge is 0.340 e. The van der Waals surface area contributed by atoms with Crippen molar-refractivity contribution in [1.29, 1.82) is 5.26 Å². The predicted octanol–water partition coefficient (Wildman–Crippen LogP) is 3.00. The van der Waals surface area contributed by atoms with Crippen molar-refractivity contribution in [1.82, 2.24) is 25.1 Å². The first-order valence-corrected chi connectivity index (χ1v) is 10.4. The van der Waals surface area contributed by atoms with Crippen LogP contribution in [-0.4, -0.2) is 25.7 Å². The van der Waals surface area contributed by atoms with Crippen molar-refractivity contribution in [3.8, 4) is 11.9 Å². The van der Waals surface area contributed by atoms with Crippen LogP contribution in [0.4, 0.5) is 0 Å². The first-order chi connectivity index (χ1) is 14.7. The van der Waals surface area contributed by atoms with Crippen LogP contribution in [0.1, 0.15) is 64.6 Å². The second kappa shape index (κ2) is 6.23. The Morgan fingerprint density at radius 1 is 1.23 bits per heavy atom. The van der Waals surface area contributed by atoms with E-state index in [1.54, 1.807) is 29.2 Å². The van der Waals surface area contributed by atoms with Crippen LogP contribution < -0.4 is 5.32 Å². The van der Waals surface area contributed by atoms with Crippen molar-refractivity contribution >= 4 is 5.91 Å². The molecule has 3 aromatic rings. The maximum atomic E-state index is 13.4. The van der Waals surface area contributed by atoms with E-state index in [0.717, 1.165) is 49.1 Å². The fourth-order valence-corrected chi connectivity index (χ4v) is 4.97. The van der Waals surface area contributed by atoms with E-state index in [1.165, 1.54) is 0 Å². The maximum Gasteiger partial charge on any atom is 0.272 e. The van der Waals surface area contributed by atoms with Gasteiger partial charge in [-0.3, -0.25) is 9.78 Å². The Morgan fingerprint density at radius 3 is 2.87 bits per heavy atom. The molecule has 1 amide bonds. The molecule has 30 heavy (non-hydrogen) atoms. The number of pyridine rings is 2. The number of carbonyl (C=O) groups excluding carboxylic acids is 1. The van der Waals surface area contributed by atoms with E-state index in [2.05, 4.69) is 21.4 Å². The second-order valence-electron chi connectivity index (χ2n) is 8.55. The van der Waals surface area contributed by atoms with Gasteiger partial charge < -0.3 is 5.32 Å². The fraction of sp³-hybridized carbons (Fsp3) is 0.348. The molecule has 0 aromatic carbocycles. The number of amides is 1. The lowest BCUT2D eigenvalue weighted by Gasteiger charge is -2.41. The molecule has 3 heterocycles. The highest BCUT2D eigenvalue weighted by Crippen LogP contribution is 2.57. The summed E-state index contributed by atoms with van der Waals surface area (Å²) in [5, 5.41) is 17.2. The summed E-state index contributed by atoms with van der Waals surface area (Å²) < 4.78 is 1.79. The number of nitrogens with zero attached hydrogens (tertiary/aromatic N) is 5. The zero-order valence-corrected chi connectivity index (χ0v) is 16.4. The van der Waals surface area contributed by atoms with Gasteiger partial charge in [-0.1, -0.05) is 6.07 Å². The summed E-state index contributed by atoms with van der Waals surface area (Å²) >= 11 is 0. The number of carbonyl (C=O) groups is 1. The van der Waals surface area contributed by atoms with Gasteiger partial charge in [0.2, 0.25) is 0 Å². The summed E-state index contributed by atoms with van der Waals surface area (Å²) in [6.07, 6.45) is 8.25. The molecule has 0 unspecified atom stereocenters. The van der Waals surface area contributed by atoms with E-state index in [4.69, 9.17) is 5.10 Å². The van der Waals surface area contributed by atoms with Crippen molar-refractivity contribution in [3.05, 3.63) is 70.9 Å². The van der Waals surface area contributed by atoms with Crippen LogP contribution in [0.5, 0.6) is 0 Å². The molecule has 0 bridgehead atoms. The SMILES string of the molecule is N#Cc1ccnc(-n2nc(C(=O)NC3(c4ccccn4)CCC3)c3c2[C@@H]2C[C@@H]2C3)c1. The highest BCUT2D eigenvalue weighted by atomic mass is 16.2. The van der Waals surface area contributed by atoms with E-state index in [-0.39, 0.29) is 5.91 Å². The Balaban J connectivity index is 1.39. The highest BCUT2D eigenvalue weighted by Gasteiger charge is 2.51. The minimum absolute atomic E-state index is 0.145. The molecule has 2 atom stereocenters. The molecule has 0 spiro atoms. The number of rotatable bonds is 4. The van der Waals surface area contributed by atoms with Gasteiger partial charge in [0, 0.05) is 29.9 Å². The molecule has 2 fully saturated rings. The lowest BCUT2D eigenvalue weighted by Crippen LogP contribution is -2.51. The minimum Gasteiger partial charge on any atom is -0.340 e. The smallest absolute Gasteiger partial charge is 0.272 e. The number of aromatic nitrogens is 4. The second-order valence-corrected chi connectivity index (χ2v) is 8.55. The van der Waals surface area contributed by atoms with Gasteiger partial charge >= 0.3 is 0 Å². The third-order valence-corrected chi connectivity index (χ3v) is 6.79. The predicted molar refractivity (Wildman–Crippen MR) is 108 cm³/mol. The molecule has 0 aliphatic heterocycles. The molecule has 148 valence electrons. The molecule has 0 radical (unpaired) electrons. The van der Waals surface area contributed by atoms with Gasteiger partial charge in [-0.25, -0.2) is 9.67 Å². The fourth-order valence-electron chi connectivity index (χ4n) is 4.97. The topological polar surface area (TPSA) is 96.5 Å². The third-order valence-electron chi connectivity index (χ3n) is 6.79. The third kappa shape index (κ3) is 2.50. The van der Waals surface area contributed by atoms with Crippen LogP contribution in [0.15, 0.2) is 42.7 Å². The Kier molecular flexibility index (Phi) is 3.60. The monoisotopic (exact) mass is 396 g/mol. The van der Waals surface area contributed by atoms with Crippen LogP contribution in [-0.2, 0) is 12.0 Å². The van der Waals surface area contributed by atoms with Crippen LogP contribution in [0, 0.1) is 17.2 Å². The van der Waals surface area contributed by atoms with E-state index >= 15 is 0 Å². The first-order valence-electron chi connectivity index (χ1n) is 10.4. The van der Waals surface area contributed by atoms with E-state index in [1.807, 2.05) is 18.2 Å². The normalized spacial score (nSPS) is 22.4. The van der Waals surface area contributed by atoms with Crippen LogP contribution in [0.2, 0.25) is 0 Å². The lowest BCUT2D eigenvalue weighted by atomic mass is 9.74. The molecule has 7 heteroatoms. The van der Waals surface area contributed by atoms with Gasteiger partial charge in [0.25, 0.3) is 5.91 Å². The molecule has 7 nitrogen and oxygen atoms in total. The summed E-state index contributed by atoms with van der Waals surface area (Å²) in [6.45, 7) is 0. The summed E-state index contributed by atoms with van der Waals surface area (Å²) in [7, 11) is 0. The molecular formula is C23H20N6O. The molecule has 1 N–H and O–H groups in total. The number of nitriles is 1. The Bertz CT molecular complexity index is 1200. The first kappa shape index (κ1) is 17.3. The van der Waals surface area contributed by atoms with Crippen molar-refractivity contribution in [2.75, 3.05) is 0 Å². The number of nitrogens with one attached hydrogen (secondary N) is 1. The maximum absolute atomic E-state index is 13.4. The summed E-state index contributed by atoms with van der Waals surface area (Å²) in [5.41, 5.74) is 3.65. The molecule has 0 saturated heterocycles. The van der Waals surface area contributed by atoms with Gasteiger partial charge in [-0.05, 0) is 56.2 Å². The number of hydrogen-bond donors (Lipinski definition) is 1. The zero-order valence-electron chi connectivity index (χ0n) is 16.4. The zero-order chi connectivity index (χ0) is 20.3. The summed E-state index contributed by atoms with van der Waals surface area (Å²) in [4.78, 5) is 22.3. The van der Waals surface area contributed by atoms with Gasteiger partial charge in [-0.2, -0.15) is 10.4 Å². The molecule has 2 saturated carbocycles. The van der Waals surface area contributed by atoms with Gasteiger partial charge in [0.15, 0.2) is 11.5 Å². The summed E-state index contributed by atoms with van der Waals surface area (Å²) in [5.74, 6) is 1.49. The number of hydrogen-bond acceptors (Lipinski definition) is 5. The molecule has 6 rings (SSSR count). The van der Waals surface area contributed by atoms with Crippen molar-refractivity contribution in [2.45, 2.75) is 43.6 Å². The molecule has 3 aliphatic carbocycles. The Labute approximate surface area is 173 Å². The number of fused-ring (bicyclic) bond motifs is 3. The standard InChI is InChI=1S/C23H20N6O/c24-13-14-5-9-26-19(10-14)29-21-16-11-15(16)12-17(21)20(28-29)22(30)27-23(6-3-7-23)18-4-1-2-8-25-18/h1-2,4-5,8-10,15-16H,3,6-7,11-12H2,(H,27,30)/t15-,16-/m1/s1. The van der Waals surface area contributed by atoms with Gasteiger partial charge in [0.1, 0.15) is 0 Å². The lowest BCUT2D eigenvalue weighted by molar-refractivity contribution is 0.0810. The van der Waals surface area contributed by atoms with Crippen molar-refractivity contribution in [3.63, 3.8) is 0 Å². The van der Waals surface area contributed by atoms with Crippen molar-refractivity contribution in [2.24, 2.45) is 5.92 Å². The van der Waals surface area contributed by atoms with E-state index < -0.39 is 5.54 Å². The highest BCUT2D eigenvalue weighted by molar-refractivity contribution is 5.95. The minimum atomic E-state index is -0.407. The Hall–Kier alpha value is -3.53. The molecule has 3 aliphatic rings. The van der Waals surface area contributed by atoms with E-state index in [9.17, 15) is 10.1 Å². The van der Waals surface area contributed by atoms with Gasteiger partial charge in [-0.15, -0.1) is 0 Å². The average molecular weight is 396 g/mol. The van der Waals surface area contributed by atoms with Crippen LogP contribution in [0.25, 0.3) is 5.82 Å². The molecular weight excluding hydrogens is 376 g/mol. The quantitative estimate of drug-likeness (QED) is 0.731.